The number of thiocarbonyl (C=S) groups is 1. The van der Waals surface area contributed by atoms with E-state index < -0.39 is 35.3 Å². The number of benzene rings is 2. The van der Waals surface area contributed by atoms with Gasteiger partial charge < -0.3 is 24.8 Å². The molecule has 1 aliphatic heterocycles. The van der Waals surface area contributed by atoms with Gasteiger partial charge >= 0.3 is 5.97 Å². The topological polar surface area (TPSA) is 77.8 Å². The average Bonchev–Trinajstić information content (AvgIpc) is 2.85. The lowest BCUT2D eigenvalue weighted by molar-refractivity contribution is 0.0694. The van der Waals surface area contributed by atoms with Crippen LogP contribution >= 0.6 is 12.2 Å². The number of carbonyl (C=O) groups is 1. The molecule has 0 radical (unpaired) electrons. The Kier molecular flexibility index (Phi) is 7.21. The molecule has 190 valence electrons. The minimum atomic E-state index is -1.46. The molecule has 7 nitrogen and oxygen atoms in total. The molecule has 0 amide bonds. The molecule has 1 saturated heterocycles. The van der Waals surface area contributed by atoms with Crippen LogP contribution in [-0.4, -0.2) is 51.3 Å². The van der Waals surface area contributed by atoms with Crippen molar-refractivity contribution in [1.82, 2.24) is 9.47 Å². The summed E-state index contributed by atoms with van der Waals surface area (Å²) in [5.74, 6) is -3.30. The van der Waals surface area contributed by atoms with Gasteiger partial charge in [-0.25, -0.2) is 18.0 Å². The molecular weight excluding hydrogens is 493 g/mol. The molecule has 2 aromatic carbocycles. The number of aryl methyl sites for hydroxylation is 1. The monoisotopic (exact) mass is 518 g/mol. The highest BCUT2D eigenvalue weighted by molar-refractivity contribution is 7.80. The number of aromatic nitrogens is 1. The first kappa shape index (κ1) is 25.5. The number of fused-ring (bicyclic) bond motifs is 1. The molecule has 36 heavy (non-hydrogen) atoms. The standard InChI is InChI=1S/C25H25F3N4O3S/c1-3-30-13-18(24(34)35)23(33)17-10-19(27)22(20(28)21(17)30)31-8-9-32(14(2)12-31)25(36)29-16-6-4-15(11-26)5-7-16/h4-7,10,13-14H,3,8-9,11-12H2,1-2H3,(H,29,36)(H,34,35). The summed E-state index contributed by atoms with van der Waals surface area (Å²) in [6.07, 6.45) is 1.09. The number of piperazine rings is 1. The summed E-state index contributed by atoms with van der Waals surface area (Å²) in [6.45, 7) is 4.09. The fourth-order valence-corrected chi connectivity index (χ4v) is 4.89. The summed E-state index contributed by atoms with van der Waals surface area (Å²) in [4.78, 5) is 27.5. The number of aromatic carboxylic acids is 1. The maximum atomic E-state index is 15.7. The van der Waals surface area contributed by atoms with Gasteiger partial charge in [-0.05, 0) is 49.8 Å². The van der Waals surface area contributed by atoms with Crippen LogP contribution in [0, 0.1) is 11.6 Å². The zero-order chi connectivity index (χ0) is 26.1. The van der Waals surface area contributed by atoms with Crippen molar-refractivity contribution in [2.24, 2.45) is 0 Å². The summed E-state index contributed by atoms with van der Waals surface area (Å²) >= 11 is 5.53. The van der Waals surface area contributed by atoms with Gasteiger partial charge in [0.05, 0.1) is 10.9 Å². The van der Waals surface area contributed by atoms with Gasteiger partial charge in [-0.2, -0.15) is 0 Å². The molecule has 1 unspecified atom stereocenters. The van der Waals surface area contributed by atoms with E-state index in [2.05, 4.69) is 5.32 Å². The number of halogens is 3. The highest BCUT2D eigenvalue weighted by atomic mass is 32.1. The van der Waals surface area contributed by atoms with E-state index in [-0.39, 0.29) is 42.3 Å². The minimum absolute atomic E-state index is 0.132. The third kappa shape index (κ3) is 4.62. The molecule has 2 heterocycles. The van der Waals surface area contributed by atoms with Gasteiger partial charge in [0, 0.05) is 44.1 Å². The summed E-state index contributed by atoms with van der Waals surface area (Å²) in [5, 5.41) is 12.6. The predicted octanol–water partition coefficient (Wildman–Crippen LogP) is 4.37. The first-order chi connectivity index (χ1) is 17.2. The number of alkyl halides is 1. The van der Waals surface area contributed by atoms with Gasteiger partial charge in [-0.1, -0.05) is 12.1 Å². The van der Waals surface area contributed by atoms with Gasteiger partial charge in [0.15, 0.2) is 10.9 Å². The quantitative estimate of drug-likeness (QED) is 0.486. The number of rotatable bonds is 5. The van der Waals surface area contributed by atoms with E-state index >= 15 is 8.78 Å². The molecule has 4 rings (SSSR count). The maximum Gasteiger partial charge on any atom is 0.341 e. The van der Waals surface area contributed by atoms with Gasteiger partial charge in [-0.15, -0.1) is 0 Å². The Morgan fingerprint density at radius 1 is 1.22 bits per heavy atom. The van der Waals surface area contributed by atoms with Crippen molar-refractivity contribution in [1.29, 1.82) is 0 Å². The second kappa shape index (κ2) is 10.2. The van der Waals surface area contributed by atoms with Crippen LogP contribution in [-0.2, 0) is 13.2 Å². The first-order valence-corrected chi connectivity index (χ1v) is 11.8. The smallest absolute Gasteiger partial charge is 0.341 e. The summed E-state index contributed by atoms with van der Waals surface area (Å²) in [6, 6.07) is 7.48. The van der Waals surface area contributed by atoms with Crippen molar-refractivity contribution < 1.29 is 23.1 Å². The van der Waals surface area contributed by atoms with Crippen LogP contribution in [0.15, 0.2) is 41.3 Å². The summed E-state index contributed by atoms with van der Waals surface area (Å²) < 4.78 is 45.0. The highest BCUT2D eigenvalue weighted by Crippen LogP contribution is 2.32. The third-order valence-corrected chi connectivity index (χ3v) is 6.70. The Bertz CT molecular complexity index is 1390. The largest absolute Gasteiger partial charge is 0.477 e. The van der Waals surface area contributed by atoms with Crippen molar-refractivity contribution in [3.8, 4) is 0 Å². The number of hydrogen-bond acceptors (Lipinski definition) is 4. The van der Waals surface area contributed by atoms with E-state index in [1.165, 1.54) is 4.57 Å². The van der Waals surface area contributed by atoms with Crippen LogP contribution in [0.5, 0.6) is 0 Å². The van der Waals surface area contributed by atoms with E-state index in [0.29, 0.717) is 22.9 Å². The van der Waals surface area contributed by atoms with E-state index in [9.17, 15) is 19.1 Å². The van der Waals surface area contributed by atoms with Crippen LogP contribution in [0.2, 0.25) is 0 Å². The molecule has 0 bridgehead atoms. The number of carboxylic acid groups (broad SMARTS) is 1. The average molecular weight is 519 g/mol. The van der Waals surface area contributed by atoms with E-state index in [0.717, 1.165) is 12.3 Å². The van der Waals surface area contributed by atoms with Gasteiger partial charge in [-0.3, -0.25) is 4.79 Å². The minimum Gasteiger partial charge on any atom is -0.477 e. The fourth-order valence-electron chi connectivity index (χ4n) is 4.50. The van der Waals surface area contributed by atoms with Crippen molar-refractivity contribution in [2.75, 3.05) is 29.9 Å². The van der Waals surface area contributed by atoms with Gasteiger partial charge in [0.2, 0.25) is 5.43 Å². The van der Waals surface area contributed by atoms with E-state index in [1.54, 1.807) is 36.1 Å². The Morgan fingerprint density at radius 3 is 2.50 bits per heavy atom. The second-order valence-corrected chi connectivity index (χ2v) is 9.02. The lowest BCUT2D eigenvalue weighted by Crippen LogP contribution is -2.55. The molecule has 1 aromatic heterocycles. The number of anilines is 2. The Labute approximate surface area is 210 Å². The number of pyridine rings is 1. The lowest BCUT2D eigenvalue weighted by atomic mass is 10.1. The van der Waals surface area contributed by atoms with Crippen LogP contribution in [0.1, 0.15) is 29.8 Å². The van der Waals surface area contributed by atoms with E-state index in [4.69, 9.17) is 12.2 Å². The maximum absolute atomic E-state index is 15.7. The zero-order valence-corrected chi connectivity index (χ0v) is 20.5. The molecule has 0 spiro atoms. The normalized spacial score (nSPS) is 15.9. The molecule has 11 heteroatoms. The second-order valence-electron chi connectivity index (χ2n) is 8.63. The molecule has 1 aliphatic rings. The van der Waals surface area contributed by atoms with Crippen molar-refractivity contribution >= 4 is 45.6 Å². The zero-order valence-electron chi connectivity index (χ0n) is 19.7. The SMILES string of the molecule is CCn1cc(C(=O)O)c(=O)c2cc(F)c(N3CCN(C(=S)Nc4ccc(CF)cc4)C(C)C3)c(F)c21. The number of carboxylic acids is 1. The fraction of sp³-hybridized carbons (Fsp3) is 0.320. The predicted molar refractivity (Wildman–Crippen MR) is 137 cm³/mol. The molecule has 0 aliphatic carbocycles. The Morgan fingerprint density at radius 2 is 1.92 bits per heavy atom. The lowest BCUT2D eigenvalue weighted by Gasteiger charge is -2.42. The van der Waals surface area contributed by atoms with Crippen LogP contribution in [0.4, 0.5) is 24.5 Å². The molecule has 1 atom stereocenters. The number of hydrogen-bond donors (Lipinski definition) is 2. The van der Waals surface area contributed by atoms with Crippen molar-refractivity contribution in [3.05, 3.63) is 69.5 Å². The molecule has 2 N–H and O–H groups in total. The summed E-state index contributed by atoms with van der Waals surface area (Å²) in [7, 11) is 0. The Balaban J connectivity index is 1.61. The van der Waals surface area contributed by atoms with Crippen LogP contribution in [0.25, 0.3) is 10.9 Å². The van der Waals surface area contributed by atoms with Crippen molar-refractivity contribution in [3.63, 3.8) is 0 Å². The first-order valence-electron chi connectivity index (χ1n) is 11.4. The molecule has 1 fully saturated rings. The highest BCUT2D eigenvalue weighted by Gasteiger charge is 2.31. The molecule has 3 aromatic rings. The van der Waals surface area contributed by atoms with Gasteiger partial charge in [0.1, 0.15) is 23.7 Å². The Hall–Kier alpha value is -3.60. The molecular formula is C25H25F3N4O3S. The van der Waals surface area contributed by atoms with E-state index in [1.807, 2.05) is 11.8 Å². The number of nitrogens with one attached hydrogen (secondary N) is 1. The summed E-state index contributed by atoms with van der Waals surface area (Å²) in [5.41, 5.74) is -0.608. The van der Waals surface area contributed by atoms with Crippen LogP contribution < -0.4 is 15.6 Å². The van der Waals surface area contributed by atoms with Gasteiger partial charge in [0.25, 0.3) is 0 Å². The van der Waals surface area contributed by atoms with Crippen molar-refractivity contribution in [2.45, 2.75) is 33.1 Å². The number of nitrogens with zero attached hydrogens (tertiary/aromatic N) is 3. The van der Waals surface area contributed by atoms with Crippen LogP contribution in [0.3, 0.4) is 0 Å². The third-order valence-electron chi connectivity index (χ3n) is 6.36. The molecule has 0 saturated carbocycles.